The molecule has 1 aromatic carbocycles. The summed E-state index contributed by atoms with van der Waals surface area (Å²) in [6.45, 7) is 5.52. The van der Waals surface area contributed by atoms with E-state index < -0.39 is 6.10 Å². The zero-order valence-electron chi connectivity index (χ0n) is 11.7. The molecule has 3 nitrogen and oxygen atoms in total. The second-order valence-corrected chi connectivity index (χ2v) is 6.90. The molecule has 1 amide bonds. The van der Waals surface area contributed by atoms with E-state index in [2.05, 4.69) is 22.9 Å². The van der Waals surface area contributed by atoms with Crippen LogP contribution in [0.5, 0.6) is 5.75 Å². The van der Waals surface area contributed by atoms with Crippen molar-refractivity contribution in [3.05, 3.63) is 29.3 Å². The normalized spacial score (nSPS) is 24.3. The van der Waals surface area contributed by atoms with Gasteiger partial charge in [-0.15, -0.1) is 0 Å². The van der Waals surface area contributed by atoms with Gasteiger partial charge in [-0.3, -0.25) is 4.79 Å². The van der Waals surface area contributed by atoms with Crippen molar-refractivity contribution in [1.29, 1.82) is 0 Å². The highest BCUT2D eigenvalue weighted by atomic mass is 79.9. The van der Waals surface area contributed by atoms with Crippen molar-refractivity contribution in [2.75, 3.05) is 13.1 Å². The molecule has 3 atom stereocenters. The monoisotopic (exact) mass is 359 g/mol. The van der Waals surface area contributed by atoms with Crippen LogP contribution < -0.4 is 4.74 Å². The first-order valence-corrected chi connectivity index (χ1v) is 8.12. The van der Waals surface area contributed by atoms with Gasteiger partial charge in [-0.1, -0.05) is 40.5 Å². The third-order valence-electron chi connectivity index (χ3n) is 3.63. The molecule has 1 aliphatic rings. The maximum absolute atomic E-state index is 12.4. The Kier molecular flexibility index (Phi) is 5.33. The third kappa shape index (κ3) is 3.89. The maximum atomic E-state index is 12.4. The van der Waals surface area contributed by atoms with Crippen molar-refractivity contribution in [1.82, 2.24) is 4.90 Å². The molecule has 0 aliphatic carbocycles. The van der Waals surface area contributed by atoms with E-state index in [0.29, 0.717) is 21.5 Å². The van der Waals surface area contributed by atoms with Gasteiger partial charge in [0.2, 0.25) is 0 Å². The van der Waals surface area contributed by atoms with Crippen LogP contribution >= 0.6 is 27.5 Å². The predicted octanol–water partition coefficient (Wildman–Crippen LogP) is 3.74. The van der Waals surface area contributed by atoms with Gasteiger partial charge in [-0.25, -0.2) is 0 Å². The van der Waals surface area contributed by atoms with Crippen LogP contribution in [0.1, 0.15) is 20.3 Å². The van der Waals surface area contributed by atoms with Crippen LogP contribution in [-0.2, 0) is 4.79 Å². The highest BCUT2D eigenvalue weighted by molar-refractivity contribution is 9.09. The molecule has 1 saturated heterocycles. The van der Waals surface area contributed by atoms with E-state index in [0.717, 1.165) is 19.5 Å². The molecule has 2 rings (SSSR count). The maximum Gasteiger partial charge on any atom is 0.263 e. The number of carbonyl (C=O) groups is 1. The van der Waals surface area contributed by atoms with Crippen molar-refractivity contribution in [3.8, 4) is 5.75 Å². The number of rotatable bonds is 3. The number of hydrogen-bond acceptors (Lipinski definition) is 2. The van der Waals surface area contributed by atoms with Gasteiger partial charge in [0.15, 0.2) is 6.10 Å². The summed E-state index contributed by atoms with van der Waals surface area (Å²) < 4.78 is 5.68. The zero-order chi connectivity index (χ0) is 14.7. The average molecular weight is 361 g/mol. The molecule has 0 spiro atoms. The summed E-state index contributed by atoms with van der Waals surface area (Å²) in [5.41, 5.74) is 0. The lowest BCUT2D eigenvalue weighted by Crippen LogP contribution is -2.48. The fraction of sp³-hybridized carbons (Fsp3) is 0.533. The Morgan fingerprint density at radius 2 is 2.30 bits per heavy atom. The molecule has 0 bridgehead atoms. The molecular formula is C15H19BrClNO2. The lowest BCUT2D eigenvalue weighted by molar-refractivity contribution is -0.139. The Hall–Kier alpha value is -0.740. The van der Waals surface area contributed by atoms with Crippen molar-refractivity contribution < 1.29 is 9.53 Å². The van der Waals surface area contributed by atoms with Crippen LogP contribution in [0.4, 0.5) is 0 Å². The molecular weight excluding hydrogens is 342 g/mol. The molecule has 1 aliphatic heterocycles. The summed E-state index contributed by atoms with van der Waals surface area (Å²) in [4.78, 5) is 14.6. The number of likely N-dealkylation sites (tertiary alicyclic amines) is 1. The summed E-state index contributed by atoms with van der Waals surface area (Å²) in [6.07, 6.45) is 0.521. The molecule has 3 unspecified atom stereocenters. The summed E-state index contributed by atoms with van der Waals surface area (Å²) in [5.74, 6) is 1.25. The van der Waals surface area contributed by atoms with Crippen molar-refractivity contribution in [2.45, 2.75) is 31.2 Å². The number of ether oxygens (including phenoxy) is 1. The SMILES string of the molecule is CC(Oc1cccc(Cl)c1)C(=O)N1CCC(C)C(Br)C1. The minimum Gasteiger partial charge on any atom is -0.481 e. The number of carbonyl (C=O) groups excluding carboxylic acids is 1. The predicted molar refractivity (Wildman–Crippen MR) is 84.6 cm³/mol. The van der Waals surface area contributed by atoms with Crippen molar-refractivity contribution >= 4 is 33.4 Å². The quantitative estimate of drug-likeness (QED) is 0.769. The van der Waals surface area contributed by atoms with Gasteiger partial charge in [-0.2, -0.15) is 0 Å². The molecule has 110 valence electrons. The lowest BCUT2D eigenvalue weighted by Gasteiger charge is -2.35. The Labute approximate surface area is 133 Å². The van der Waals surface area contributed by atoms with Gasteiger partial charge in [0, 0.05) is 22.9 Å². The van der Waals surface area contributed by atoms with E-state index in [1.807, 2.05) is 11.0 Å². The van der Waals surface area contributed by atoms with Crippen LogP contribution in [-0.4, -0.2) is 34.8 Å². The van der Waals surface area contributed by atoms with E-state index in [1.165, 1.54) is 0 Å². The third-order valence-corrected chi connectivity index (χ3v) is 5.06. The van der Waals surface area contributed by atoms with Gasteiger partial charge in [0.25, 0.3) is 5.91 Å². The molecule has 0 saturated carbocycles. The Bertz CT molecular complexity index is 483. The standard InChI is InChI=1S/C15H19BrClNO2/c1-10-6-7-18(9-14(10)16)15(19)11(2)20-13-5-3-4-12(17)8-13/h3-5,8,10-11,14H,6-7,9H2,1-2H3. The molecule has 0 N–H and O–H groups in total. The second-order valence-electron chi connectivity index (χ2n) is 5.28. The molecule has 5 heteroatoms. The van der Waals surface area contributed by atoms with Crippen LogP contribution in [0.25, 0.3) is 0 Å². The number of piperidine rings is 1. The summed E-state index contributed by atoms with van der Waals surface area (Å²) >= 11 is 9.55. The number of halogens is 2. The van der Waals surface area contributed by atoms with Gasteiger partial charge >= 0.3 is 0 Å². The van der Waals surface area contributed by atoms with Crippen LogP contribution in [0.15, 0.2) is 24.3 Å². The molecule has 0 aromatic heterocycles. The van der Waals surface area contributed by atoms with Gasteiger partial charge in [0.1, 0.15) is 5.75 Å². The minimum absolute atomic E-state index is 0.0290. The van der Waals surface area contributed by atoms with Crippen LogP contribution in [0.2, 0.25) is 5.02 Å². The van der Waals surface area contributed by atoms with Gasteiger partial charge in [0.05, 0.1) is 0 Å². The van der Waals surface area contributed by atoms with Crippen molar-refractivity contribution in [3.63, 3.8) is 0 Å². The largest absolute Gasteiger partial charge is 0.481 e. The fourth-order valence-electron chi connectivity index (χ4n) is 2.27. The molecule has 1 aromatic rings. The lowest BCUT2D eigenvalue weighted by atomic mass is 9.99. The summed E-state index contributed by atoms with van der Waals surface area (Å²) in [5, 5.41) is 0.606. The number of alkyl halides is 1. The van der Waals surface area contributed by atoms with E-state index in [1.54, 1.807) is 25.1 Å². The fourth-order valence-corrected chi connectivity index (χ4v) is 3.07. The minimum atomic E-state index is -0.499. The Morgan fingerprint density at radius 1 is 1.55 bits per heavy atom. The Morgan fingerprint density at radius 3 is 2.95 bits per heavy atom. The first-order chi connectivity index (χ1) is 9.47. The Balaban J connectivity index is 1.95. The van der Waals surface area contributed by atoms with E-state index >= 15 is 0 Å². The topological polar surface area (TPSA) is 29.5 Å². The highest BCUT2D eigenvalue weighted by Gasteiger charge is 2.30. The van der Waals surface area contributed by atoms with E-state index in [-0.39, 0.29) is 5.91 Å². The zero-order valence-corrected chi connectivity index (χ0v) is 14.0. The van der Waals surface area contributed by atoms with Gasteiger partial charge in [-0.05, 0) is 37.5 Å². The number of hydrogen-bond donors (Lipinski definition) is 0. The molecule has 1 fully saturated rings. The number of nitrogens with zero attached hydrogens (tertiary/aromatic N) is 1. The number of amides is 1. The van der Waals surface area contributed by atoms with Crippen LogP contribution in [0.3, 0.4) is 0 Å². The van der Waals surface area contributed by atoms with Crippen LogP contribution in [0, 0.1) is 5.92 Å². The summed E-state index contributed by atoms with van der Waals surface area (Å²) in [6, 6.07) is 7.12. The van der Waals surface area contributed by atoms with Gasteiger partial charge < -0.3 is 9.64 Å². The van der Waals surface area contributed by atoms with E-state index in [4.69, 9.17) is 16.3 Å². The average Bonchev–Trinajstić information content (AvgIpc) is 2.41. The smallest absolute Gasteiger partial charge is 0.263 e. The van der Waals surface area contributed by atoms with E-state index in [9.17, 15) is 4.79 Å². The van der Waals surface area contributed by atoms with Crippen molar-refractivity contribution in [2.24, 2.45) is 5.92 Å². The second kappa shape index (κ2) is 6.81. The summed E-state index contributed by atoms with van der Waals surface area (Å²) in [7, 11) is 0. The first-order valence-electron chi connectivity index (χ1n) is 6.82. The molecule has 1 heterocycles. The molecule has 0 radical (unpaired) electrons. The molecule has 20 heavy (non-hydrogen) atoms. The highest BCUT2D eigenvalue weighted by Crippen LogP contribution is 2.24. The first kappa shape index (κ1) is 15.6. The number of benzene rings is 1.